The van der Waals surface area contributed by atoms with Gasteiger partial charge in [0.25, 0.3) is 0 Å². The van der Waals surface area contributed by atoms with Crippen LogP contribution in [0.2, 0.25) is 0 Å². The predicted octanol–water partition coefficient (Wildman–Crippen LogP) is 4.04. The highest BCUT2D eigenvalue weighted by Crippen LogP contribution is 2.25. The van der Waals surface area contributed by atoms with E-state index in [0.717, 1.165) is 27.8 Å². The number of pyridine rings is 1. The van der Waals surface area contributed by atoms with Crippen molar-refractivity contribution < 1.29 is 4.84 Å². The van der Waals surface area contributed by atoms with Crippen LogP contribution in [0.4, 0.5) is 5.69 Å². The molecule has 2 aromatic carbocycles. The number of hydrogen-bond donors (Lipinski definition) is 0. The standard InChI is InChI=1S/C25H22N4OS/c1-28-18-27-23-13-12-19(24-11-7-15-31-24)16-22(23)25(28)29(21-9-3-2-4-10-21)30-17-20-8-5-6-14-26-20/h2-16H,17-18H2,1H3. The largest absolute Gasteiger partial charge is 0.339 e. The Morgan fingerprint density at radius 1 is 1.00 bits per heavy atom. The first-order chi connectivity index (χ1) is 15.3. The van der Waals surface area contributed by atoms with E-state index in [1.54, 1.807) is 17.5 Å². The molecule has 2 aromatic heterocycles. The molecule has 0 unspecified atom stereocenters. The minimum Gasteiger partial charge on any atom is -0.339 e. The minimum absolute atomic E-state index is 0.365. The van der Waals surface area contributed by atoms with Crippen molar-refractivity contribution in [3.05, 3.63) is 107 Å². The SMILES string of the molecule is CN1CN=c2ccc(-c3cccs3)cc2=C1N(OCc1ccccn1)c1ccccc1. The molecular weight excluding hydrogens is 404 g/mol. The van der Waals surface area contributed by atoms with Crippen molar-refractivity contribution in [2.45, 2.75) is 6.61 Å². The lowest BCUT2D eigenvalue weighted by Crippen LogP contribution is -2.45. The molecule has 5 rings (SSSR count). The van der Waals surface area contributed by atoms with Gasteiger partial charge in [0.05, 0.1) is 16.7 Å². The first kappa shape index (κ1) is 19.5. The van der Waals surface area contributed by atoms with Crippen LogP contribution in [-0.2, 0) is 11.4 Å². The molecule has 0 amide bonds. The van der Waals surface area contributed by atoms with Crippen LogP contribution in [0.15, 0.2) is 95.4 Å². The Hall–Kier alpha value is -3.48. The summed E-state index contributed by atoms with van der Waals surface area (Å²) in [6.45, 7) is 0.932. The average molecular weight is 427 g/mol. The topological polar surface area (TPSA) is 41.0 Å². The molecule has 0 spiro atoms. The van der Waals surface area contributed by atoms with E-state index in [-0.39, 0.29) is 0 Å². The second-order valence-corrected chi connectivity index (χ2v) is 8.20. The first-order valence-corrected chi connectivity index (χ1v) is 11.0. The third-order valence-corrected chi connectivity index (χ3v) is 6.03. The van der Waals surface area contributed by atoms with E-state index in [9.17, 15) is 0 Å². The van der Waals surface area contributed by atoms with Gasteiger partial charge in [-0.2, -0.15) is 0 Å². The lowest BCUT2D eigenvalue weighted by atomic mass is 10.1. The molecule has 0 saturated carbocycles. The van der Waals surface area contributed by atoms with Crippen LogP contribution in [0.1, 0.15) is 5.69 Å². The lowest BCUT2D eigenvalue weighted by molar-refractivity contribution is 0.110. The Kier molecular flexibility index (Phi) is 5.48. The monoisotopic (exact) mass is 426 g/mol. The van der Waals surface area contributed by atoms with Gasteiger partial charge in [-0.15, -0.1) is 11.3 Å². The number of rotatable bonds is 6. The summed E-state index contributed by atoms with van der Waals surface area (Å²) in [5.74, 6) is 0.963. The number of benzene rings is 2. The van der Waals surface area contributed by atoms with Crippen LogP contribution in [0, 0.1) is 0 Å². The number of hydroxylamine groups is 1. The number of thiophene rings is 1. The molecule has 4 aromatic rings. The fourth-order valence-corrected chi connectivity index (χ4v) is 4.33. The summed E-state index contributed by atoms with van der Waals surface area (Å²) in [6, 6.07) is 26.6. The summed E-state index contributed by atoms with van der Waals surface area (Å²) in [5.41, 5.74) is 3.00. The molecule has 31 heavy (non-hydrogen) atoms. The van der Waals surface area contributed by atoms with Crippen molar-refractivity contribution >= 4 is 22.8 Å². The lowest BCUT2D eigenvalue weighted by Gasteiger charge is -2.33. The average Bonchev–Trinajstić information content (AvgIpc) is 3.36. The highest BCUT2D eigenvalue weighted by Gasteiger charge is 2.21. The van der Waals surface area contributed by atoms with Crippen LogP contribution in [0.3, 0.4) is 0 Å². The van der Waals surface area contributed by atoms with E-state index < -0.39 is 0 Å². The van der Waals surface area contributed by atoms with Gasteiger partial charge in [0.15, 0.2) is 0 Å². The quantitative estimate of drug-likeness (QED) is 0.437. The summed E-state index contributed by atoms with van der Waals surface area (Å²) in [7, 11) is 2.04. The first-order valence-electron chi connectivity index (χ1n) is 10.1. The van der Waals surface area contributed by atoms with Gasteiger partial charge in [0.1, 0.15) is 19.1 Å². The third kappa shape index (κ3) is 4.08. The summed E-state index contributed by atoms with van der Waals surface area (Å²) in [6.07, 6.45) is 1.78. The second-order valence-electron chi connectivity index (χ2n) is 7.25. The fraction of sp³-hybridized carbons (Fsp3) is 0.120. The Labute approximate surface area is 185 Å². The summed E-state index contributed by atoms with van der Waals surface area (Å²) in [5, 5.41) is 6.02. The molecule has 1 aliphatic heterocycles. The van der Waals surface area contributed by atoms with E-state index in [0.29, 0.717) is 13.3 Å². The molecule has 0 saturated heterocycles. The Morgan fingerprint density at radius 3 is 2.65 bits per heavy atom. The zero-order chi connectivity index (χ0) is 21.0. The molecule has 0 radical (unpaired) electrons. The van der Waals surface area contributed by atoms with E-state index in [4.69, 9.17) is 9.83 Å². The molecule has 0 aliphatic carbocycles. The van der Waals surface area contributed by atoms with E-state index in [1.807, 2.05) is 60.6 Å². The van der Waals surface area contributed by atoms with Gasteiger partial charge < -0.3 is 4.90 Å². The molecule has 6 heteroatoms. The Bertz CT molecular complexity index is 1270. The predicted molar refractivity (Wildman–Crippen MR) is 125 cm³/mol. The molecule has 0 atom stereocenters. The molecule has 0 N–H and O–H groups in total. The van der Waals surface area contributed by atoms with Gasteiger partial charge in [-0.1, -0.05) is 36.4 Å². The molecule has 0 bridgehead atoms. The number of anilines is 1. The van der Waals surface area contributed by atoms with Crippen molar-refractivity contribution in [2.24, 2.45) is 4.99 Å². The van der Waals surface area contributed by atoms with Gasteiger partial charge in [0.2, 0.25) is 0 Å². The zero-order valence-electron chi connectivity index (χ0n) is 17.2. The second kappa shape index (κ2) is 8.71. The van der Waals surface area contributed by atoms with Crippen LogP contribution in [0.5, 0.6) is 0 Å². The summed E-state index contributed by atoms with van der Waals surface area (Å²) < 4.78 is 0. The van der Waals surface area contributed by atoms with Crippen molar-refractivity contribution in [1.29, 1.82) is 0 Å². The van der Waals surface area contributed by atoms with Crippen LogP contribution >= 0.6 is 11.3 Å². The molecule has 154 valence electrons. The highest BCUT2D eigenvalue weighted by atomic mass is 32.1. The van der Waals surface area contributed by atoms with Gasteiger partial charge in [0, 0.05) is 23.3 Å². The number of para-hydroxylation sites is 1. The molecule has 1 aliphatic rings. The maximum atomic E-state index is 6.36. The van der Waals surface area contributed by atoms with E-state index in [2.05, 4.69) is 45.6 Å². The van der Waals surface area contributed by atoms with Crippen molar-refractivity contribution in [3.63, 3.8) is 0 Å². The summed E-state index contributed by atoms with van der Waals surface area (Å²) >= 11 is 1.73. The number of hydrogen-bond acceptors (Lipinski definition) is 6. The van der Waals surface area contributed by atoms with E-state index >= 15 is 0 Å². The third-order valence-electron chi connectivity index (χ3n) is 5.11. The van der Waals surface area contributed by atoms with Gasteiger partial charge in [-0.05, 0) is 53.4 Å². The Morgan fingerprint density at radius 2 is 1.87 bits per heavy atom. The number of aromatic nitrogens is 1. The highest BCUT2D eigenvalue weighted by molar-refractivity contribution is 7.13. The summed E-state index contributed by atoms with van der Waals surface area (Å²) in [4.78, 5) is 18.9. The number of nitrogens with zero attached hydrogens (tertiary/aromatic N) is 4. The van der Waals surface area contributed by atoms with Crippen LogP contribution in [-0.4, -0.2) is 23.6 Å². The van der Waals surface area contributed by atoms with Crippen molar-refractivity contribution in [3.8, 4) is 10.4 Å². The van der Waals surface area contributed by atoms with Crippen molar-refractivity contribution in [2.75, 3.05) is 18.8 Å². The van der Waals surface area contributed by atoms with Gasteiger partial charge in [-0.3, -0.25) is 14.8 Å². The van der Waals surface area contributed by atoms with E-state index in [1.165, 1.54) is 10.4 Å². The van der Waals surface area contributed by atoms with Crippen molar-refractivity contribution in [1.82, 2.24) is 9.88 Å². The minimum atomic E-state index is 0.365. The van der Waals surface area contributed by atoms with Crippen LogP contribution in [0.25, 0.3) is 16.3 Å². The maximum absolute atomic E-state index is 6.36. The molecule has 5 nitrogen and oxygen atoms in total. The number of fused-ring (bicyclic) bond motifs is 1. The fourth-order valence-electron chi connectivity index (χ4n) is 3.60. The maximum Gasteiger partial charge on any atom is 0.145 e. The van der Waals surface area contributed by atoms with Crippen LogP contribution < -0.4 is 15.6 Å². The zero-order valence-corrected chi connectivity index (χ0v) is 18.0. The molecule has 0 fully saturated rings. The molecular formula is C25H22N4OS. The van der Waals surface area contributed by atoms with Gasteiger partial charge >= 0.3 is 0 Å². The Balaban J connectivity index is 1.65. The van der Waals surface area contributed by atoms with Gasteiger partial charge in [-0.25, -0.2) is 5.06 Å². The smallest absolute Gasteiger partial charge is 0.145 e. The normalized spacial score (nSPS) is 12.9. The molecule has 3 heterocycles.